The fraction of sp³-hybridized carbons (Fsp3) is 0.333. The number of ether oxygens (including phenoxy) is 4. The number of amides is 2. The van der Waals surface area contributed by atoms with Gasteiger partial charge in [0.2, 0.25) is 0 Å². The van der Waals surface area contributed by atoms with Gasteiger partial charge >= 0.3 is 0 Å². The summed E-state index contributed by atoms with van der Waals surface area (Å²) >= 11 is 0. The molecule has 0 spiro atoms. The van der Waals surface area contributed by atoms with Gasteiger partial charge < -0.3 is 24.3 Å². The Bertz CT molecular complexity index is 1000. The topological polar surface area (TPSA) is 86.3 Å². The van der Waals surface area contributed by atoms with Crippen LogP contribution < -0.4 is 19.5 Å². The Hall–Kier alpha value is -3.52. The van der Waals surface area contributed by atoms with E-state index in [1.54, 1.807) is 56.7 Å². The molecule has 32 heavy (non-hydrogen) atoms. The van der Waals surface area contributed by atoms with Crippen molar-refractivity contribution in [2.45, 2.75) is 13.3 Å². The van der Waals surface area contributed by atoms with Crippen LogP contribution in [-0.4, -0.2) is 57.8 Å². The zero-order valence-electron chi connectivity index (χ0n) is 18.8. The van der Waals surface area contributed by atoms with Crippen LogP contribution in [0.2, 0.25) is 0 Å². The van der Waals surface area contributed by atoms with Gasteiger partial charge in [0.1, 0.15) is 11.4 Å². The van der Waals surface area contributed by atoms with Crippen LogP contribution in [0.3, 0.4) is 0 Å². The Morgan fingerprint density at radius 3 is 2.25 bits per heavy atom. The van der Waals surface area contributed by atoms with Crippen molar-refractivity contribution in [2.75, 3.05) is 46.4 Å². The SMILES string of the molecule is CCOc1ccc(C2=C(Nc3ccc(OC)c(OC)c3)C(=O)N(CCCOC)C2=O)cc1. The quantitative estimate of drug-likeness (QED) is 0.424. The van der Waals surface area contributed by atoms with Crippen LogP contribution in [0, 0.1) is 0 Å². The van der Waals surface area contributed by atoms with Crippen molar-refractivity contribution >= 4 is 23.1 Å². The van der Waals surface area contributed by atoms with Crippen molar-refractivity contribution in [3.8, 4) is 17.2 Å². The van der Waals surface area contributed by atoms with Gasteiger partial charge in [0.05, 0.1) is 26.4 Å². The molecule has 0 aromatic heterocycles. The average Bonchev–Trinajstić information content (AvgIpc) is 3.04. The summed E-state index contributed by atoms with van der Waals surface area (Å²) in [6.07, 6.45) is 0.550. The van der Waals surface area contributed by atoms with Crippen LogP contribution in [0.1, 0.15) is 18.9 Å². The summed E-state index contributed by atoms with van der Waals surface area (Å²) in [5, 5.41) is 3.13. The molecule has 0 radical (unpaired) electrons. The number of hydrogen-bond acceptors (Lipinski definition) is 7. The monoisotopic (exact) mass is 440 g/mol. The Morgan fingerprint density at radius 2 is 1.62 bits per heavy atom. The number of imide groups is 1. The number of benzene rings is 2. The van der Waals surface area contributed by atoms with E-state index in [4.69, 9.17) is 18.9 Å². The van der Waals surface area contributed by atoms with E-state index in [9.17, 15) is 9.59 Å². The molecular weight excluding hydrogens is 412 g/mol. The van der Waals surface area contributed by atoms with Gasteiger partial charge in [-0.05, 0) is 43.2 Å². The number of carbonyl (C=O) groups is 2. The highest BCUT2D eigenvalue weighted by molar-refractivity contribution is 6.36. The molecule has 170 valence electrons. The molecule has 1 N–H and O–H groups in total. The Labute approximate surface area is 187 Å². The number of nitrogens with zero attached hydrogens (tertiary/aromatic N) is 1. The highest BCUT2D eigenvalue weighted by Crippen LogP contribution is 2.34. The molecule has 0 saturated heterocycles. The van der Waals surface area contributed by atoms with Crippen LogP contribution in [-0.2, 0) is 14.3 Å². The van der Waals surface area contributed by atoms with Gasteiger partial charge in [-0.25, -0.2) is 0 Å². The minimum Gasteiger partial charge on any atom is -0.494 e. The first-order valence-corrected chi connectivity index (χ1v) is 10.4. The molecule has 2 amide bonds. The maximum atomic E-state index is 13.2. The minimum absolute atomic E-state index is 0.212. The molecule has 8 nitrogen and oxygen atoms in total. The summed E-state index contributed by atoms with van der Waals surface area (Å²) < 4.78 is 21.2. The number of rotatable bonds is 11. The fourth-order valence-corrected chi connectivity index (χ4v) is 3.47. The van der Waals surface area contributed by atoms with Crippen molar-refractivity contribution in [2.24, 2.45) is 0 Å². The van der Waals surface area contributed by atoms with Crippen LogP contribution in [0.5, 0.6) is 17.2 Å². The van der Waals surface area contributed by atoms with Gasteiger partial charge in [-0.3, -0.25) is 14.5 Å². The highest BCUT2D eigenvalue weighted by atomic mass is 16.5. The Morgan fingerprint density at radius 1 is 0.906 bits per heavy atom. The van der Waals surface area contributed by atoms with E-state index < -0.39 is 0 Å². The predicted octanol–water partition coefficient (Wildman–Crippen LogP) is 3.33. The van der Waals surface area contributed by atoms with Gasteiger partial charge in [0.15, 0.2) is 11.5 Å². The molecule has 1 heterocycles. The van der Waals surface area contributed by atoms with Gasteiger partial charge in [-0.15, -0.1) is 0 Å². The third-order valence-electron chi connectivity index (χ3n) is 5.01. The molecule has 1 aliphatic rings. The van der Waals surface area contributed by atoms with E-state index in [1.807, 2.05) is 6.92 Å². The van der Waals surface area contributed by atoms with Gasteiger partial charge in [0.25, 0.3) is 11.8 Å². The maximum Gasteiger partial charge on any atom is 0.278 e. The molecule has 0 fully saturated rings. The lowest BCUT2D eigenvalue weighted by Crippen LogP contribution is -2.33. The maximum absolute atomic E-state index is 13.2. The summed E-state index contributed by atoms with van der Waals surface area (Å²) in [5.41, 5.74) is 1.75. The molecule has 0 bridgehead atoms. The first-order chi connectivity index (χ1) is 15.5. The van der Waals surface area contributed by atoms with Gasteiger partial charge in [0, 0.05) is 32.0 Å². The third kappa shape index (κ3) is 4.86. The summed E-state index contributed by atoms with van der Waals surface area (Å²) in [4.78, 5) is 27.7. The predicted molar refractivity (Wildman–Crippen MR) is 121 cm³/mol. The molecule has 2 aromatic carbocycles. The number of hydrogen-bond donors (Lipinski definition) is 1. The standard InChI is InChI=1S/C24H28N2O6/c1-5-32-18-10-7-16(8-11-18)21-22(24(28)26(23(21)27)13-6-14-29-2)25-17-9-12-19(30-3)20(15-17)31-4/h7-12,15,25H,5-6,13-14H2,1-4H3. The number of nitrogens with one attached hydrogen (secondary N) is 1. The zero-order chi connectivity index (χ0) is 23.1. The smallest absolute Gasteiger partial charge is 0.278 e. The Kier molecular flexibility index (Phi) is 7.72. The van der Waals surface area contributed by atoms with Crippen molar-refractivity contribution in [3.05, 3.63) is 53.7 Å². The van der Waals surface area contributed by atoms with E-state index in [0.29, 0.717) is 53.7 Å². The van der Waals surface area contributed by atoms with Crippen LogP contribution in [0.4, 0.5) is 5.69 Å². The molecule has 0 unspecified atom stereocenters. The second-order valence-electron chi connectivity index (χ2n) is 7.01. The van der Waals surface area contributed by atoms with Crippen molar-refractivity contribution in [3.63, 3.8) is 0 Å². The molecule has 0 atom stereocenters. The number of anilines is 1. The summed E-state index contributed by atoms with van der Waals surface area (Å²) in [6.45, 7) is 3.16. The molecule has 3 rings (SSSR count). The van der Waals surface area contributed by atoms with E-state index in [-0.39, 0.29) is 24.1 Å². The molecular formula is C24H28N2O6. The summed E-state index contributed by atoms with van der Waals surface area (Å²) in [6, 6.07) is 12.3. The van der Waals surface area contributed by atoms with Gasteiger partial charge in [-0.1, -0.05) is 12.1 Å². The summed E-state index contributed by atoms with van der Waals surface area (Å²) in [5.74, 6) is 1.03. The van der Waals surface area contributed by atoms with E-state index in [0.717, 1.165) is 0 Å². The molecule has 0 aliphatic carbocycles. The largest absolute Gasteiger partial charge is 0.494 e. The molecule has 1 aliphatic heterocycles. The summed E-state index contributed by atoms with van der Waals surface area (Å²) in [7, 11) is 4.67. The van der Waals surface area contributed by atoms with Crippen molar-refractivity contribution < 1.29 is 28.5 Å². The lowest BCUT2D eigenvalue weighted by molar-refractivity contribution is -0.136. The van der Waals surface area contributed by atoms with Crippen molar-refractivity contribution in [1.29, 1.82) is 0 Å². The third-order valence-corrected chi connectivity index (χ3v) is 5.01. The first-order valence-electron chi connectivity index (χ1n) is 10.4. The fourth-order valence-electron chi connectivity index (χ4n) is 3.47. The lowest BCUT2D eigenvalue weighted by atomic mass is 10.0. The average molecular weight is 440 g/mol. The minimum atomic E-state index is -0.384. The van der Waals surface area contributed by atoms with E-state index >= 15 is 0 Å². The first kappa shape index (κ1) is 23.1. The second-order valence-corrected chi connectivity index (χ2v) is 7.01. The van der Waals surface area contributed by atoms with Gasteiger partial charge in [-0.2, -0.15) is 0 Å². The van der Waals surface area contributed by atoms with E-state index in [2.05, 4.69) is 5.32 Å². The Balaban J connectivity index is 1.99. The van der Waals surface area contributed by atoms with Crippen LogP contribution >= 0.6 is 0 Å². The zero-order valence-corrected chi connectivity index (χ0v) is 18.8. The highest BCUT2D eigenvalue weighted by Gasteiger charge is 2.39. The normalized spacial score (nSPS) is 13.6. The van der Waals surface area contributed by atoms with Crippen LogP contribution in [0.25, 0.3) is 5.57 Å². The van der Waals surface area contributed by atoms with Crippen LogP contribution in [0.15, 0.2) is 48.2 Å². The van der Waals surface area contributed by atoms with Crippen molar-refractivity contribution in [1.82, 2.24) is 4.90 Å². The van der Waals surface area contributed by atoms with E-state index in [1.165, 1.54) is 12.0 Å². The second kappa shape index (κ2) is 10.7. The number of carbonyl (C=O) groups excluding carboxylic acids is 2. The number of methoxy groups -OCH3 is 3. The molecule has 0 saturated carbocycles. The molecule has 8 heteroatoms. The lowest BCUT2D eigenvalue weighted by Gasteiger charge is -2.15. The molecule has 2 aromatic rings.